The highest BCUT2D eigenvalue weighted by Gasteiger charge is 2.13. The molecule has 0 aliphatic rings. The second-order valence-electron chi connectivity index (χ2n) is 5.04. The monoisotopic (exact) mass is 270 g/mol. The highest BCUT2D eigenvalue weighted by Crippen LogP contribution is 2.19. The fraction of sp³-hybridized carbons (Fsp3) is 0.353. The van der Waals surface area contributed by atoms with E-state index >= 15 is 0 Å². The van der Waals surface area contributed by atoms with Gasteiger partial charge in [-0.15, -0.1) is 0 Å². The number of nitrogens with zero attached hydrogens (tertiary/aromatic N) is 1. The van der Waals surface area contributed by atoms with Crippen LogP contribution in [0.1, 0.15) is 37.1 Å². The lowest BCUT2D eigenvalue weighted by molar-refractivity contribution is 0.181. The molecule has 1 aromatic carbocycles. The predicted octanol–water partition coefficient (Wildman–Crippen LogP) is 2.92. The van der Waals surface area contributed by atoms with Crippen LogP contribution in [-0.4, -0.2) is 22.7 Å². The Hall–Kier alpha value is -1.71. The Balaban J connectivity index is 2.06. The molecule has 2 atom stereocenters. The van der Waals surface area contributed by atoms with E-state index in [1.807, 2.05) is 49.5 Å². The Labute approximate surface area is 120 Å². The van der Waals surface area contributed by atoms with Crippen molar-refractivity contribution in [2.24, 2.45) is 0 Å². The molecule has 20 heavy (non-hydrogen) atoms. The zero-order valence-electron chi connectivity index (χ0n) is 11.9. The number of hydrogen-bond acceptors (Lipinski definition) is 3. The molecule has 0 fully saturated rings. The van der Waals surface area contributed by atoms with E-state index in [-0.39, 0.29) is 12.1 Å². The molecule has 1 heterocycles. The van der Waals surface area contributed by atoms with Gasteiger partial charge < -0.3 is 10.4 Å². The minimum atomic E-state index is -0.234. The Morgan fingerprint density at radius 1 is 1.10 bits per heavy atom. The van der Waals surface area contributed by atoms with Crippen LogP contribution in [0.15, 0.2) is 54.7 Å². The van der Waals surface area contributed by atoms with Crippen molar-refractivity contribution in [3.8, 4) is 0 Å². The standard InChI is InChI=1S/C17H22N2O/c1-14(20)8-7-13-19-17(15-9-3-2-4-10-15)16-11-5-6-12-18-16/h2-6,9-12,14,17,19-20H,7-8,13H2,1H3. The van der Waals surface area contributed by atoms with Crippen LogP contribution in [0.2, 0.25) is 0 Å². The smallest absolute Gasteiger partial charge is 0.0751 e. The van der Waals surface area contributed by atoms with Crippen LogP contribution in [0.3, 0.4) is 0 Å². The van der Waals surface area contributed by atoms with E-state index in [1.54, 1.807) is 0 Å². The maximum Gasteiger partial charge on any atom is 0.0751 e. The summed E-state index contributed by atoms with van der Waals surface area (Å²) in [5.41, 5.74) is 2.24. The molecule has 2 N–H and O–H groups in total. The van der Waals surface area contributed by atoms with Gasteiger partial charge in [-0.25, -0.2) is 0 Å². The van der Waals surface area contributed by atoms with E-state index in [9.17, 15) is 5.11 Å². The van der Waals surface area contributed by atoms with Crippen molar-refractivity contribution < 1.29 is 5.11 Å². The molecule has 0 amide bonds. The first-order valence-electron chi connectivity index (χ1n) is 7.14. The topological polar surface area (TPSA) is 45.1 Å². The molecule has 106 valence electrons. The quantitative estimate of drug-likeness (QED) is 0.760. The first-order chi connectivity index (χ1) is 9.77. The summed E-state index contributed by atoms with van der Waals surface area (Å²) in [5, 5.41) is 12.8. The minimum Gasteiger partial charge on any atom is -0.393 e. The second kappa shape index (κ2) is 7.78. The lowest BCUT2D eigenvalue weighted by Gasteiger charge is -2.19. The average Bonchev–Trinajstić information content (AvgIpc) is 2.49. The highest BCUT2D eigenvalue weighted by molar-refractivity contribution is 5.27. The molecule has 0 spiro atoms. The molecule has 0 bridgehead atoms. The Kier molecular flexibility index (Phi) is 5.71. The molecule has 0 saturated carbocycles. The van der Waals surface area contributed by atoms with Gasteiger partial charge in [0.2, 0.25) is 0 Å². The third-order valence-electron chi connectivity index (χ3n) is 3.26. The van der Waals surface area contributed by atoms with Crippen LogP contribution in [0.5, 0.6) is 0 Å². The molecule has 0 aliphatic heterocycles. The molecule has 3 heteroatoms. The van der Waals surface area contributed by atoms with Crippen molar-refractivity contribution in [2.75, 3.05) is 6.54 Å². The maximum absolute atomic E-state index is 9.31. The lowest BCUT2D eigenvalue weighted by atomic mass is 10.0. The van der Waals surface area contributed by atoms with E-state index in [2.05, 4.69) is 22.4 Å². The fourth-order valence-corrected chi connectivity index (χ4v) is 2.23. The van der Waals surface area contributed by atoms with Crippen LogP contribution in [0.25, 0.3) is 0 Å². The summed E-state index contributed by atoms with van der Waals surface area (Å²) < 4.78 is 0. The number of hydrogen-bond donors (Lipinski definition) is 2. The Bertz CT molecular complexity index is 445. The van der Waals surface area contributed by atoms with Crippen molar-refractivity contribution in [1.29, 1.82) is 0 Å². The molecule has 0 aliphatic carbocycles. The van der Waals surface area contributed by atoms with E-state index in [0.29, 0.717) is 0 Å². The van der Waals surface area contributed by atoms with Crippen molar-refractivity contribution >= 4 is 0 Å². The molecular weight excluding hydrogens is 248 g/mol. The Morgan fingerprint density at radius 2 is 1.85 bits per heavy atom. The van der Waals surface area contributed by atoms with Crippen LogP contribution >= 0.6 is 0 Å². The van der Waals surface area contributed by atoms with E-state index in [1.165, 1.54) is 5.56 Å². The summed E-state index contributed by atoms with van der Waals surface area (Å²) >= 11 is 0. The third kappa shape index (κ3) is 4.44. The zero-order valence-corrected chi connectivity index (χ0v) is 11.9. The van der Waals surface area contributed by atoms with Crippen molar-refractivity contribution in [2.45, 2.75) is 31.9 Å². The third-order valence-corrected chi connectivity index (χ3v) is 3.26. The maximum atomic E-state index is 9.31. The van der Waals surface area contributed by atoms with Gasteiger partial charge in [0.15, 0.2) is 0 Å². The van der Waals surface area contributed by atoms with Crippen LogP contribution in [-0.2, 0) is 0 Å². The van der Waals surface area contributed by atoms with Crippen molar-refractivity contribution in [3.05, 3.63) is 66.0 Å². The van der Waals surface area contributed by atoms with Crippen molar-refractivity contribution in [1.82, 2.24) is 10.3 Å². The van der Waals surface area contributed by atoms with Gasteiger partial charge in [0.1, 0.15) is 0 Å². The second-order valence-corrected chi connectivity index (χ2v) is 5.04. The lowest BCUT2D eigenvalue weighted by Crippen LogP contribution is -2.24. The average molecular weight is 270 g/mol. The number of aliphatic hydroxyl groups excluding tert-OH is 1. The highest BCUT2D eigenvalue weighted by atomic mass is 16.3. The van der Waals surface area contributed by atoms with Gasteiger partial charge in [-0.3, -0.25) is 4.98 Å². The molecular formula is C17H22N2O. The molecule has 3 nitrogen and oxygen atoms in total. The number of pyridine rings is 1. The van der Waals surface area contributed by atoms with E-state index in [0.717, 1.165) is 25.1 Å². The van der Waals surface area contributed by atoms with Gasteiger partial charge in [0.05, 0.1) is 17.8 Å². The number of aliphatic hydroxyl groups is 1. The first-order valence-corrected chi connectivity index (χ1v) is 7.14. The first kappa shape index (κ1) is 14.7. The number of rotatable bonds is 7. The molecule has 2 rings (SSSR count). The van der Waals surface area contributed by atoms with Crippen LogP contribution in [0.4, 0.5) is 0 Å². The van der Waals surface area contributed by atoms with Gasteiger partial charge in [-0.2, -0.15) is 0 Å². The van der Waals surface area contributed by atoms with Crippen LogP contribution < -0.4 is 5.32 Å². The number of nitrogens with one attached hydrogen (secondary N) is 1. The largest absolute Gasteiger partial charge is 0.393 e. The Morgan fingerprint density at radius 3 is 2.50 bits per heavy atom. The van der Waals surface area contributed by atoms with Gasteiger partial charge in [0.25, 0.3) is 0 Å². The number of benzene rings is 1. The molecule has 1 aromatic heterocycles. The summed E-state index contributed by atoms with van der Waals surface area (Å²) in [5.74, 6) is 0. The van der Waals surface area contributed by atoms with Gasteiger partial charge >= 0.3 is 0 Å². The summed E-state index contributed by atoms with van der Waals surface area (Å²) in [6.45, 7) is 2.69. The van der Waals surface area contributed by atoms with Gasteiger partial charge in [0, 0.05) is 6.20 Å². The summed E-state index contributed by atoms with van der Waals surface area (Å²) in [7, 11) is 0. The predicted molar refractivity (Wildman–Crippen MR) is 81.4 cm³/mol. The SMILES string of the molecule is CC(O)CCCNC(c1ccccc1)c1ccccn1. The van der Waals surface area contributed by atoms with Crippen LogP contribution in [0, 0.1) is 0 Å². The molecule has 0 saturated heterocycles. The summed E-state index contributed by atoms with van der Waals surface area (Å²) in [4.78, 5) is 4.46. The molecule has 2 unspecified atom stereocenters. The normalized spacial score (nSPS) is 13.9. The number of aromatic nitrogens is 1. The molecule has 0 radical (unpaired) electrons. The van der Waals surface area contributed by atoms with E-state index in [4.69, 9.17) is 0 Å². The summed E-state index contributed by atoms with van der Waals surface area (Å²) in [6.07, 6.45) is 3.36. The van der Waals surface area contributed by atoms with E-state index < -0.39 is 0 Å². The van der Waals surface area contributed by atoms with Crippen molar-refractivity contribution in [3.63, 3.8) is 0 Å². The fourth-order valence-electron chi connectivity index (χ4n) is 2.23. The minimum absolute atomic E-state index is 0.103. The van der Waals surface area contributed by atoms with Gasteiger partial charge in [-0.1, -0.05) is 36.4 Å². The molecule has 2 aromatic rings. The summed E-state index contributed by atoms with van der Waals surface area (Å²) in [6, 6.07) is 16.4. The zero-order chi connectivity index (χ0) is 14.2. The van der Waals surface area contributed by atoms with Gasteiger partial charge in [-0.05, 0) is 44.0 Å².